The fourth-order valence-corrected chi connectivity index (χ4v) is 2.64. The minimum atomic E-state index is -1.08. The van der Waals surface area contributed by atoms with Crippen LogP contribution in [0.4, 0.5) is 4.79 Å². The first kappa shape index (κ1) is 21.1. The van der Waals surface area contributed by atoms with E-state index in [1.54, 1.807) is 45.0 Å². The Kier molecular flexibility index (Phi) is 6.56. The van der Waals surface area contributed by atoms with Crippen LogP contribution in [0.2, 0.25) is 0 Å². The molecule has 0 fully saturated rings. The molecule has 1 heterocycles. The maximum absolute atomic E-state index is 12.4. The van der Waals surface area contributed by atoms with Crippen LogP contribution in [0.15, 0.2) is 36.9 Å². The number of imide groups is 1. The number of amides is 3. The van der Waals surface area contributed by atoms with E-state index in [-0.39, 0.29) is 19.6 Å². The molecule has 0 radical (unpaired) electrons. The number of hydrogen-bond donors (Lipinski definition) is 1. The Hall–Kier alpha value is -3.16. The number of benzene rings is 1. The molecule has 1 aromatic carbocycles. The Morgan fingerprint density at radius 2 is 1.75 bits per heavy atom. The average molecular weight is 388 g/mol. The fourth-order valence-electron chi connectivity index (χ4n) is 2.64. The lowest BCUT2D eigenvalue weighted by Gasteiger charge is -2.24. The summed E-state index contributed by atoms with van der Waals surface area (Å²) in [6, 6.07) is 5.41. The standard InChI is InChI=1S/C20H24N2O6/c1-5-12-27-18(25)15(21-19(26)28-20(2,3)4)10-11-22-16(23)13-8-6-7-9-14(13)17(22)24/h5-9,15H,1,10-12H2,2-4H3,(H,21,26). The fraction of sp³-hybridized carbons (Fsp3) is 0.400. The van der Waals surface area contributed by atoms with Gasteiger partial charge in [-0.2, -0.15) is 0 Å². The first-order valence-electron chi connectivity index (χ1n) is 8.86. The van der Waals surface area contributed by atoms with Crippen molar-refractivity contribution in [3.8, 4) is 0 Å². The summed E-state index contributed by atoms with van der Waals surface area (Å²) >= 11 is 0. The van der Waals surface area contributed by atoms with Crippen molar-refractivity contribution < 1.29 is 28.7 Å². The van der Waals surface area contributed by atoms with Gasteiger partial charge in [0.05, 0.1) is 11.1 Å². The van der Waals surface area contributed by atoms with Gasteiger partial charge in [0.1, 0.15) is 18.2 Å². The van der Waals surface area contributed by atoms with Gasteiger partial charge in [0.2, 0.25) is 0 Å². The minimum absolute atomic E-state index is 0.0132. The van der Waals surface area contributed by atoms with Gasteiger partial charge in [0, 0.05) is 6.54 Å². The maximum Gasteiger partial charge on any atom is 0.408 e. The molecule has 1 unspecified atom stereocenters. The summed E-state index contributed by atoms with van der Waals surface area (Å²) in [5.74, 6) is -1.57. The monoisotopic (exact) mass is 388 g/mol. The van der Waals surface area contributed by atoms with Crippen LogP contribution in [0, 0.1) is 0 Å². The van der Waals surface area contributed by atoms with Crippen molar-refractivity contribution in [3.63, 3.8) is 0 Å². The van der Waals surface area contributed by atoms with Crippen molar-refractivity contribution in [1.82, 2.24) is 10.2 Å². The summed E-state index contributed by atoms with van der Waals surface area (Å²) in [6.45, 7) is 8.45. The number of esters is 1. The van der Waals surface area contributed by atoms with Crippen LogP contribution in [0.5, 0.6) is 0 Å². The molecule has 2 rings (SSSR count). The zero-order valence-corrected chi connectivity index (χ0v) is 16.2. The molecule has 0 bridgehead atoms. The van der Waals surface area contributed by atoms with Crippen molar-refractivity contribution in [1.29, 1.82) is 0 Å². The Morgan fingerprint density at radius 1 is 1.18 bits per heavy atom. The zero-order chi connectivity index (χ0) is 20.9. The van der Waals surface area contributed by atoms with Crippen LogP contribution < -0.4 is 5.32 Å². The van der Waals surface area contributed by atoms with Gasteiger partial charge in [-0.05, 0) is 39.3 Å². The molecule has 0 saturated carbocycles. The molecule has 3 amide bonds. The molecule has 1 aliphatic rings. The molecule has 150 valence electrons. The van der Waals surface area contributed by atoms with Gasteiger partial charge in [-0.1, -0.05) is 24.8 Å². The number of nitrogens with one attached hydrogen (secondary N) is 1. The molecule has 1 atom stereocenters. The molecular formula is C20H24N2O6. The normalized spacial score (nSPS) is 14.3. The van der Waals surface area contributed by atoms with Crippen LogP contribution in [-0.2, 0) is 14.3 Å². The summed E-state index contributed by atoms with van der Waals surface area (Å²) in [5, 5.41) is 2.44. The third kappa shape index (κ3) is 5.18. The van der Waals surface area contributed by atoms with E-state index in [1.807, 2.05) is 0 Å². The molecule has 0 aliphatic carbocycles. The van der Waals surface area contributed by atoms with Gasteiger partial charge in [-0.15, -0.1) is 0 Å². The maximum atomic E-state index is 12.4. The predicted octanol–water partition coefficient (Wildman–Crippen LogP) is 2.30. The van der Waals surface area contributed by atoms with Crippen molar-refractivity contribution >= 4 is 23.9 Å². The topological polar surface area (TPSA) is 102 Å². The van der Waals surface area contributed by atoms with Gasteiger partial charge in [0.15, 0.2) is 0 Å². The zero-order valence-electron chi connectivity index (χ0n) is 16.2. The number of ether oxygens (including phenoxy) is 2. The smallest absolute Gasteiger partial charge is 0.408 e. The molecule has 1 N–H and O–H groups in total. The van der Waals surface area contributed by atoms with E-state index in [4.69, 9.17) is 9.47 Å². The second kappa shape index (κ2) is 8.69. The SMILES string of the molecule is C=CCOC(=O)C(CCN1C(=O)c2ccccc2C1=O)NC(=O)OC(C)(C)C. The van der Waals surface area contributed by atoms with Crippen LogP contribution in [-0.4, -0.2) is 53.6 Å². The van der Waals surface area contributed by atoms with Gasteiger partial charge in [0.25, 0.3) is 11.8 Å². The van der Waals surface area contributed by atoms with E-state index in [0.717, 1.165) is 4.90 Å². The average Bonchev–Trinajstić information content (AvgIpc) is 2.86. The van der Waals surface area contributed by atoms with E-state index in [0.29, 0.717) is 11.1 Å². The summed E-state index contributed by atoms with van der Waals surface area (Å²) in [5.41, 5.74) is -0.112. The Morgan fingerprint density at radius 3 is 2.25 bits per heavy atom. The number of hydrogen-bond acceptors (Lipinski definition) is 6. The number of carbonyl (C=O) groups excluding carboxylic acids is 4. The van der Waals surface area contributed by atoms with Crippen LogP contribution in [0.25, 0.3) is 0 Å². The van der Waals surface area contributed by atoms with E-state index in [2.05, 4.69) is 11.9 Å². The Bertz CT molecular complexity index is 761. The number of alkyl carbamates (subject to hydrolysis) is 1. The largest absolute Gasteiger partial charge is 0.460 e. The molecule has 1 aliphatic heterocycles. The minimum Gasteiger partial charge on any atom is -0.460 e. The highest BCUT2D eigenvalue weighted by Crippen LogP contribution is 2.22. The quantitative estimate of drug-likeness (QED) is 0.437. The predicted molar refractivity (Wildman–Crippen MR) is 101 cm³/mol. The molecular weight excluding hydrogens is 364 g/mol. The number of carbonyl (C=O) groups is 4. The van der Waals surface area contributed by atoms with E-state index >= 15 is 0 Å². The number of rotatable bonds is 7. The highest BCUT2D eigenvalue weighted by Gasteiger charge is 2.36. The van der Waals surface area contributed by atoms with Crippen molar-refractivity contribution in [2.24, 2.45) is 0 Å². The van der Waals surface area contributed by atoms with Crippen LogP contribution >= 0.6 is 0 Å². The first-order chi connectivity index (χ1) is 13.1. The lowest BCUT2D eigenvalue weighted by molar-refractivity contribution is -0.145. The van der Waals surface area contributed by atoms with Crippen molar-refractivity contribution in [2.75, 3.05) is 13.2 Å². The van der Waals surface area contributed by atoms with Gasteiger partial charge in [-0.25, -0.2) is 9.59 Å². The summed E-state index contributed by atoms with van der Waals surface area (Å²) in [4.78, 5) is 50.2. The molecule has 8 nitrogen and oxygen atoms in total. The molecule has 0 saturated heterocycles. The van der Waals surface area contributed by atoms with E-state index in [1.165, 1.54) is 6.08 Å². The molecule has 8 heteroatoms. The van der Waals surface area contributed by atoms with Crippen molar-refractivity contribution in [3.05, 3.63) is 48.0 Å². The lowest BCUT2D eigenvalue weighted by atomic mass is 10.1. The highest BCUT2D eigenvalue weighted by molar-refractivity contribution is 6.21. The highest BCUT2D eigenvalue weighted by atomic mass is 16.6. The number of fused-ring (bicyclic) bond motifs is 1. The summed E-state index contributed by atoms with van der Waals surface area (Å²) < 4.78 is 10.2. The summed E-state index contributed by atoms with van der Waals surface area (Å²) in [6.07, 6.45) is 0.586. The number of nitrogens with zero attached hydrogens (tertiary/aromatic N) is 1. The summed E-state index contributed by atoms with van der Waals surface area (Å²) in [7, 11) is 0. The molecule has 0 aromatic heterocycles. The molecule has 1 aromatic rings. The van der Waals surface area contributed by atoms with Crippen molar-refractivity contribution in [2.45, 2.75) is 38.8 Å². The van der Waals surface area contributed by atoms with Gasteiger partial charge in [-0.3, -0.25) is 14.5 Å². The van der Waals surface area contributed by atoms with E-state index < -0.39 is 35.5 Å². The van der Waals surface area contributed by atoms with Crippen LogP contribution in [0.3, 0.4) is 0 Å². The first-order valence-corrected chi connectivity index (χ1v) is 8.86. The third-order valence-electron chi connectivity index (χ3n) is 3.84. The molecule has 0 spiro atoms. The lowest BCUT2D eigenvalue weighted by Crippen LogP contribution is -2.46. The van der Waals surface area contributed by atoms with Crippen LogP contribution in [0.1, 0.15) is 47.9 Å². The third-order valence-corrected chi connectivity index (χ3v) is 3.84. The molecule has 28 heavy (non-hydrogen) atoms. The Labute approximate surface area is 163 Å². The van der Waals surface area contributed by atoms with Gasteiger partial charge < -0.3 is 14.8 Å². The second-order valence-electron chi connectivity index (χ2n) is 7.21. The van der Waals surface area contributed by atoms with E-state index in [9.17, 15) is 19.2 Å². The second-order valence-corrected chi connectivity index (χ2v) is 7.21. The Balaban J connectivity index is 2.07. The van der Waals surface area contributed by atoms with Gasteiger partial charge >= 0.3 is 12.1 Å².